The summed E-state index contributed by atoms with van der Waals surface area (Å²) < 4.78 is 5.15. The van der Waals surface area contributed by atoms with Crippen molar-refractivity contribution in [3.63, 3.8) is 0 Å². The molecule has 2 N–H and O–H groups in total. The van der Waals surface area contributed by atoms with Crippen LogP contribution in [0.4, 0.5) is 4.79 Å². The van der Waals surface area contributed by atoms with E-state index in [1.54, 1.807) is 6.92 Å². The number of carbonyl (C=O) groups excluding carboxylic acids is 4. The van der Waals surface area contributed by atoms with Gasteiger partial charge in [0.2, 0.25) is 5.91 Å². The number of carbonyl (C=O) groups is 4. The maximum Gasteiger partial charge on any atom is 0.325 e. The smallest absolute Gasteiger partial charge is 0.325 e. The minimum atomic E-state index is -0.871. The number of amides is 4. The van der Waals surface area contributed by atoms with Crippen molar-refractivity contribution in [2.75, 3.05) is 19.7 Å². The maximum atomic E-state index is 13.0. The van der Waals surface area contributed by atoms with Gasteiger partial charge in [-0.15, -0.1) is 0 Å². The van der Waals surface area contributed by atoms with Crippen LogP contribution in [0, 0.1) is 11.8 Å². The third kappa shape index (κ3) is 5.47. The molecule has 1 spiro atoms. The van der Waals surface area contributed by atoms with Gasteiger partial charge >= 0.3 is 12.0 Å². The van der Waals surface area contributed by atoms with Gasteiger partial charge in [0.25, 0.3) is 5.91 Å². The number of hydrogen-bond acceptors (Lipinski definition) is 5. The van der Waals surface area contributed by atoms with Crippen molar-refractivity contribution in [3.8, 4) is 0 Å². The largest absolute Gasteiger partial charge is 0.466 e. The molecule has 0 aromatic heterocycles. The molecule has 1 aliphatic heterocycles. The van der Waals surface area contributed by atoms with Gasteiger partial charge in [0.05, 0.1) is 12.5 Å². The lowest BCUT2D eigenvalue weighted by Gasteiger charge is -2.34. The van der Waals surface area contributed by atoms with E-state index in [9.17, 15) is 19.2 Å². The Balaban J connectivity index is 1.57. The number of ether oxygens (including phenoxy) is 1. The van der Waals surface area contributed by atoms with Gasteiger partial charge in [-0.25, -0.2) is 4.79 Å². The third-order valence-electron chi connectivity index (χ3n) is 6.57. The van der Waals surface area contributed by atoms with Gasteiger partial charge < -0.3 is 15.4 Å². The standard InChI is InChI=1S/C24H33N3O5/c1-3-17-10-12-24(13-11-17)22(30)27(23(31)26-24)16-20(28)25-15-19(21(29)32-4-2)14-18-8-6-5-7-9-18/h5-9,17,19H,3-4,10-16H2,1-2H3,(H,25,28)(H,26,31). The molecule has 3 rings (SSSR count). The van der Waals surface area contributed by atoms with E-state index in [4.69, 9.17) is 4.74 Å². The van der Waals surface area contributed by atoms with Crippen molar-refractivity contribution < 1.29 is 23.9 Å². The van der Waals surface area contributed by atoms with Crippen LogP contribution < -0.4 is 10.6 Å². The van der Waals surface area contributed by atoms with E-state index in [1.165, 1.54) is 0 Å². The van der Waals surface area contributed by atoms with Crippen molar-refractivity contribution in [2.24, 2.45) is 11.8 Å². The molecular formula is C24H33N3O5. The Morgan fingerprint density at radius 3 is 2.50 bits per heavy atom. The van der Waals surface area contributed by atoms with Crippen LogP contribution in [0.3, 0.4) is 0 Å². The van der Waals surface area contributed by atoms with Gasteiger partial charge in [0.15, 0.2) is 0 Å². The number of imide groups is 1. The SMILES string of the molecule is CCOC(=O)C(CNC(=O)CN1C(=O)NC2(CCC(CC)CC2)C1=O)Cc1ccccc1. The lowest BCUT2D eigenvalue weighted by Crippen LogP contribution is -2.50. The molecule has 4 amide bonds. The molecule has 8 nitrogen and oxygen atoms in total. The minimum Gasteiger partial charge on any atom is -0.466 e. The van der Waals surface area contributed by atoms with Gasteiger partial charge in [-0.3, -0.25) is 19.3 Å². The van der Waals surface area contributed by atoms with E-state index in [-0.39, 0.29) is 25.6 Å². The zero-order chi connectivity index (χ0) is 23.1. The molecule has 1 aromatic carbocycles. The van der Waals surface area contributed by atoms with Crippen molar-refractivity contribution in [1.29, 1.82) is 0 Å². The Morgan fingerprint density at radius 2 is 1.88 bits per heavy atom. The molecule has 2 fully saturated rings. The average molecular weight is 444 g/mol. The fourth-order valence-electron chi connectivity index (χ4n) is 4.57. The summed E-state index contributed by atoms with van der Waals surface area (Å²) in [5, 5.41) is 5.54. The first-order chi connectivity index (χ1) is 15.4. The monoisotopic (exact) mass is 443 g/mol. The predicted octanol–water partition coefficient (Wildman–Crippen LogP) is 2.42. The number of hydrogen-bond donors (Lipinski definition) is 2. The van der Waals surface area contributed by atoms with Crippen molar-refractivity contribution in [1.82, 2.24) is 15.5 Å². The summed E-state index contributed by atoms with van der Waals surface area (Å²) in [4.78, 5) is 51.4. The molecular weight excluding hydrogens is 410 g/mol. The highest BCUT2D eigenvalue weighted by Gasteiger charge is 2.52. The molecule has 1 atom stereocenters. The fraction of sp³-hybridized carbons (Fsp3) is 0.583. The number of benzene rings is 1. The van der Waals surface area contributed by atoms with Crippen molar-refractivity contribution in [3.05, 3.63) is 35.9 Å². The molecule has 174 valence electrons. The molecule has 1 heterocycles. The van der Waals surface area contributed by atoms with Gasteiger partial charge in [-0.2, -0.15) is 0 Å². The molecule has 1 unspecified atom stereocenters. The maximum absolute atomic E-state index is 13.0. The summed E-state index contributed by atoms with van der Waals surface area (Å²) in [6, 6.07) is 8.97. The lowest BCUT2D eigenvalue weighted by molar-refractivity contribution is -0.148. The number of urea groups is 1. The van der Waals surface area contributed by atoms with Gasteiger partial charge in [0, 0.05) is 6.54 Å². The molecule has 0 radical (unpaired) electrons. The molecule has 1 aromatic rings. The van der Waals surface area contributed by atoms with Gasteiger partial charge in [0.1, 0.15) is 12.1 Å². The van der Waals surface area contributed by atoms with Crippen LogP contribution in [0.25, 0.3) is 0 Å². The van der Waals surface area contributed by atoms with E-state index in [0.29, 0.717) is 25.2 Å². The number of esters is 1. The summed E-state index contributed by atoms with van der Waals surface area (Å²) >= 11 is 0. The van der Waals surface area contributed by atoms with Crippen LogP contribution in [0.15, 0.2) is 30.3 Å². The van der Waals surface area contributed by atoms with Crippen LogP contribution in [0.2, 0.25) is 0 Å². The first-order valence-corrected chi connectivity index (χ1v) is 11.5. The van der Waals surface area contributed by atoms with Crippen molar-refractivity contribution in [2.45, 2.75) is 57.9 Å². The molecule has 1 saturated heterocycles. The second-order valence-corrected chi connectivity index (χ2v) is 8.70. The summed E-state index contributed by atoms with van der Waals surface area (Å²) in [5.74, 6) is -1.17. The van der Waals surface area contributed by atoms with Crippen LogP contribution in [0.1, 0.15) is 51.5 Å². The second kappa shape index (κ2) is 10.6. The third-order valence-corrected chi connectivity index (χ3v) is 6.57. The van der Waals surface area contributed by atoms with E-state index < -0.39 is 29.4 Å². The van der Waals surface area contributed by atoms with Crippen LogP contribution >= 0.6 is 0 Å². The summed E-state index contributed by atoms with van der Waals surface area (Å²) in [7, 11) is 0. The Kier molecular flexibility index (Phi) is 7.88. The van der Waals surface area contributed by atoms with E-state index in [2.05, 4.69) is 17.6 Å². The Labute approximate surface area is 189 Å². The van der Waals surface area contributed by atoms with Crippen LogP contribution in [-0.2, 0) is 25.5 Å². The number of rotatable bonds is 9. The average Bonchev–Trinajstić information content (AvgIpc) is 3.02. The molecule has 8 heteroatoms. The highest BCUT2D eigenvalue weighted by Crippen LogP contribution is 2.37. The first-order valence-electron chi connectivity index (χ1n) is 11.5. The quantitative estimate of drug-likeness (QED) is 0.451. The summed E-state index contributed by atoms with van der Waals surface area (Å²) in [5.41, 5.74) is 0.0857. The van der Waals surface area contributed by atoms with Crippen LogP contribution in [0.5, 0.6) is 0 Å². The van der Waals surface area contributed by atoms with Crippen LogP contribution in [-0.4, -0.2) is 54.0 Å². The normalized spacial score (nSPS) is 23.7. The Bertz CT molecular complexity index is 833. The van der Waals surface area contributed by atoms with Gasteiger partial charge in [-0.1, -0.05) is 43.7 Å². The van der Waals surface area contributed by atoms with E-state index in [1.807, 2.05) is 30.3 Å². The van der Waals surface area contributed by atoms with Gasteiger partial charge in [-0.05, 0) is 50.5 Å². The molecule has 1 saturated carbocycles. The number of nitrogens with one attached hydrogen (secondary N) is 2. The zero-order valence-corrected chi connectivity index (χ0v) is 18.9. The highest BCUT2D eigenvalue weighted by atomic mass is 16.5. The second-order valence-electron chi connectivity index (χ2n) is 8.70. The molecule has 32 heavy (non-hydrogen) atoms. The first kappa shape index (κ1) is 23.8. The van der Waals surface area contributed by atoms with E-state index in [0.717, 1.165) is 29.7 Å². The highest BCUT2D eigenvalue weighted by molar-refractivity contribution is 6.09. The molecule has 1 aliphatic carbocycles. The topological polar surface area (TPSA) is 105 Å². The predicted molar refractivity (Wildman–Crippen MR) is 119 cm³/mol. The summed E-state index contributed by atoms with van der Waals surface area (Å²) in [6.45, 7) is 3.83. The molecule has 2 aliphatic rings. The summed E-state index contributed by atoms with van der Waals surface area (Å²) in [6.07, 6.45) is 4.48. The van der Waals surface area contributed by atoms with Crippen molar-refractivity contribution >= 4 is 23.8 Å². The molecule has 0 bridgehead atoms. The van der Waals surface area contributed by atoms with E-state index >= 15 is 0 Å². The Hall–Kier alpha value is -2.90. The zero-order valence-electron chi connectivity index (χ0n) is 18.9. The lowest BCUT2D eigenvalue weighted by atomic mass is 9.75. The fourth-order valence-corrected chi connectivity index (χ4v) is 4.57. The minimum absolute atomic E-state index is 0.0690. The Morgan fingerprint density at radius 1 is 1.19 bits per heavy atom. The number of nitrogens with zero attached hydrogens (tertiary/aromatic N) is 1.